The topological polar surface area (TPSA) is 55.8 Å². The second-order valence-electron chi connectivity index (χ2n) is 5.71. The molecule has 2 unspecified atom stereocenters. The van der Waals surface area contributed by atoms with Gasteiger partial charge in [0.25, 0.3) is 0 Å². The molecule has 5 nitrogen and oxygen atoms in total. The highest BCUT2D eigenvalue weighted by atomic mass is 16.6. The van der Waals surface area contributed by atoms with Crippen LogP contribution in [0, 0.1) is 0 Å². The van der Waals surface area contributed by atoms with Gasteiger partial charge in [-0.15, -0.1) is 0 Å². The molecule has 0 aromatic carbocycles. The van der Waals surface area contributed by atoms with Gasteiger partial charge in [-0.3, -0.25) is 4.90 Å². The van der Waals surface area contributed by atoms with Gasteiger partial charge in [0.1, 0.15) is 11.6 Å². The fourth-order valence-electron chi connectivity index (χ4n) is 2.18. The van der Waals surface area contributed by atoms with E-state index in [-0.39, 0.29) is 12.0 Å². The van der Waals surface area contributed by atoms with Crippen molar-refractivity contribution in [3.63, 3.8) is 0 Å². The minimum absolute atomic E-state index is 0.00213. The Labute approximate surface area is 108 Å². The maximum atomic E-state index is 12.2. The third-order valence-corrected chi connectivity index (χ3v) is 2.99. The first-order chi connectivity index (χ1) is 8.26. The molecule has 0 radical (unpaired) electrons. The molecule has 1 aliphatic rings. The number of hydrogen-bond donors (Lipinski definition) is 0. The molecule has 0 N–H and O–H groups in total. The first-order valence-corrected chi connectivity index (χ1v) is 6.35. The van der Waals surface area contributed by atoms with Crippen molar-refractivity contribution in [2.45, 2.75) is 64.6 Å². The molecular weight excluding hydrogens is 234 g/mol. The monoisotopic (exact) mass is 257 g/mol. The number of amides is 1. The summed E-state index contributed by atoms with van der Waals surface area (Å²) in [6, 6.07) is -0.522. The van der Waals surface area contributed by atoms with E-state index in [1.54, 1.807) is 0 Å². The Kier molecular flexibility index (Phi) is 4.59. The maximum Gasteiger partial charge on any atom is 0.411 e. The number of carbonyl (C=O) groups excluding carboxylic acids is 2. The minimum atomic E-state index is -0.561. The molecule has 2 atom stereocenters. The van der Waals surface area contributed by atoms with Crippen molar-refractivity contribution in [2.24, 2.45) is 0 Å². The largest absolute Gasteiger partial charge is 0.467 e. The van der Waals surface area contributed by atoms with Gasteiger partial charge in [0, 0.05) is 6.04 Å². The average molecular weight is 257 g/mol. The van der Waals surface area contributed by atoms with Crippen LogP contribution in [0.3, 0.4) is 0 Å². The Morgan fingerprint density at radius 3 is 2.33 bits per heavy atom. The van der Waals surface area contributed by atoms with E-state index in [1.807, 2.05) is 27.7 Å². The Balaban J connectivity index is 2.84. The van der Waals surface area contributed by atoms with Crippen molar-refractivity contribution in [1.82, 2.24) is 4.90 Å². The van der Waals surface area contributed by atoms with Crippen molar-refractivity contribution in [3.05, 3.63) is 0 Å². The van der Waals surface area contributed by atoms with Gasteiger partial charge in [0.2, 0.25) is 0 Å². The number of rotatable bonds is 1. The molecule has 1 fully saturated rings. The number of esters is 1. The fourth-order valence-corrected chi connectivity index (χ4v) is 2.18. The number of ether oxygens (including phenoxy) is 2. The number of methoxy groups -OCH3 is 1. The Hall–Kier alpha value is -1.26. The van der Waals surface area contributed by atoms with Gasteiger partial charge in [0.05, 0.1) is 7.11 Å². The van der Waals surface area contributed by atoms with Crippen molar-refractivity contribution >= 4 is 12.1 Å². The standard InChI is InChI=1S/C13H23NO4/c1-9-7-6-8-10(11(15)17-5)14(9)12(16)18-13(2,3)4/h9-10H,6-8H2,1-5H3. The number of likely N-dealkylation sites (tertiary alicyclic amines) is 1. The SMILES string of the molecule is COC(=O)C1CCCC(C)N1C(=O)OC(C)(C)C. The summed E-state index contributed by atoms with van der Waals surface area (Å²) in [5.74, 6) is -0.368. The zero-order valence-corrected chi connectivity index (χ0v) is 11.9. The number of piperidine rings is 1. The van der Waals surface area contributed by atoms with E-state index in [2.05, 4.69) is 0 Å². The first kappa shape index (κ1) is 14.8. The van der Waals surface area contributed by atoms with Crippen LogP contribution in [-0.2, 0) is 14.3 Å². The number of carbonyl (C=O) groups is 2. The molecule has 1 heterocycles. The van der Waals surface area contributed by atoms with Crippen molar-refractivity contribution < 1.29 is 19.1 Å². The van der Waals surface area contributed by atoms with Crippen LogP contribution in [0.1, 0.15) is 47.0 Å². The van der Waals surface area contributed by atoms with E-state index in [0.29, 0.717) is 6.42 Å². The van der Waals surface area contributed by atoms with E-state index in [4.69, 9.17) is 9.47 Å². The predicted molar refractivity (Wildman–Crippen MR) is 67.2 cm³/mol. The summed E-state index contributed by atoms with van der Waals surface area (Å²) in [4.78, 5) is 25.4. The summed E-state index contributed by atoms with van der Waals surface area (Å²) in [6.07, 6.45) is 1.99. The highest BCUT2D eigenvalue weighted by molar-refractivity contribution is 5.82. The Morgan fingerprint density at radius 2 is 1.83 bits per heavy atom. The van der Waals surface area contributed by atoms with Gasteiger partial charge in [-0.25, -0.2) is 9.59 Å². The van der Waals surface area contributed by atoms with Crippen LogP contribution in [0.2, 0.25) is 0 Å². The molecule has 0 spiro atoms. The van der Waals surface area contributed by atoms with Crippen molar-refractivity contribution in [2.75, 3.05) is 7.11 Å². The van der Waals surface area contributed by atoms with E-state index in [9.17, 15) is 9.59 Å². The van der Waals surface area contributed by atoms with Gasteiger partial charge in [-0.1, -0.05) is 0 Å². The molecule has 104 valence electrons. The van der Waals surface area contributed by atoms with Crippen molar-refractivity contribution in [3.8, 4) is 0 Å². The molecule has 0 aliphatic carbocycles. The Morgan fingerprint density at radius 1 is 1.22 bits per heavy atom. The second kappa shape index (κ2) is 5.59. The summed E-state index contributed by atoms with van der Waals surface area (Å²) < 4.78 is 10.1. The average Bonchev–Trinajstić information content (AvgIpc) is 2.25. The van der Waals surface area contributed by atoms with Crippen LogP contribution < -0.4 is 0 Å². The molecular formula is C13H23NO4. The molecule has 18 heavy (non-hydrogen) atoms. The predicted octanol–water partition coefficient (Wildman–Crippen LogP) is 2.34. The lowest BCUT2D eigenvalue weighted by molar-refractivity contribution is -0.149. The molecule has 0 bridgehead atoms. The van der Waals surface area contributed by atoms with Gasteiger partial charge in [-0.2, -0.15) is 0 Å². The molecule has 1 saturated heterocycles. The van der Waals surface area contributed by atoms with Crippen LogP contribution in [0.5, 0.6) is 0 Å². The lowest BCUT2D eigenvalue weighted by Gasteiger charge is -2.39. The van der Waals surface area contributed by atoms with Gasteiger partial charge >= 0.3 is 12.1 Å². The lowest BCUT2D eigenvalue weighted by atomic mass is 9.97. The second-order valence-corrected chi connectivity index (χ2v) is 5.71. The summed E-state index contributed by atoms with van der Waals surface area (Å²) in [5.41, 5.74) is -0.561. The zero-order valence-electron chi connectivity index (χ0n) is 11.9. The Bertz CT molecular complexity index is 321. The molecule has 1 aliphatic heterocycles. The third kappa shape index (κ3) is 3.62. The summed E-state index contributed by atoms with van der Waals surface area (Å²) in [6.45, 7) is 7.37. The molecule has 0 aromatic heterocycles. The summed E-state index contributed by atoms with van der Waals surface area (Å²) in [7, 11) is 1.34. The van der Waals surface area contributed by atoms with E-state index >= 15 is 0 Å². The van der Waals surface area contributed by atoms with E-state index in [0.717, 1.165) is 12.8 Å². The first-order valence-electron chi connectivity index (χ1n) is 6.35. The summed E-state index contributed by atoms with van der Waals surface area (Å²) in [5, 5.41) is 0. The highest BCUT2D eigenvalue weighted by Crippen LogP contribution is 2.25. The quantitative estimate of drug-likeness (QED) is 0.676. The van der Waals surface area contributed by atoms with Crippen molar-refractivity contribution in [1.29, 1.82) is 0 Å². The molecule has 0 saturated carbocycles. The zero-order chi connectivity index (χ0) is 13.9. The molecule has 0 aromatic rings. The van der Waals surface area contributed by atoms with Crippen LogP contribution >= 0.6 is 0 Å². The maximum absolute atomic E-state index is 12.2. The minimum Gasteiger partial charge on any atom is -0.467 e. The van der Waals surface area contributed by atoms with Crippen LogP contribution in [0.4, 0.5) is 4.79 Å². The molecule has 1 amide bonds. The van der Waals surface area contributed by atoms with Gasteiger partial charge < -0.3 is 9.47 Å². The van der Waals surface area contributed by atoms with E-state index in [1.165, 1.54) is 12.0 Å². The van der Waals surface area contributed by atoms with Crippen LogP contribution in [0.25, 0.3) is 0 Å². The number of nitrogens with zero attached hydrogens (tertiary/aromatic N) is 1. The van der Waals surface area contributed by atoms with Gasteiger partial charge in [-0.05, 0) is 47.0 Å². The lowest BCUT2D eigenvalue weighted by Crippen LogP contribution is -2.54. The van der Waals surface area contributed by atoms with Crippen LogP contribution in [0.15, 0.2) is 0 Å². The van der Waals surface area contributed by atoms with Crippen LogP contribution in [-0.4, -0.2) is 41.8 Å². The normalized spacial score (nSPS) is 24.6. The molecule has 1 rings (SSSR count). The fraction of sp³-hybridized carbons (Fsp3) is 0.846. The highest BCUT2D eigenvalue weighted by Gasteiger charge is 2.39. The van der Waals surface area contributed by atoms with E-state index < -0.39 is 17.7 Å². The summed E-state index contributed by atoms with van der Waals surface area (Å²) >= 11 is 0. The molecule has 5 heteroatoms. The number of hydrogen-bond acceptors (Lipinski definition) is 4. The van der Waals surface area contributed by atoms with Gasteiger partial charge in [0.15, 0.2) is 0 Å². The smallest absolute Gasteiger partial charge is 0.411 e. The third-order valence-electron chi connectivity index (χ3n) is 2.99.